The summed E-state index contributed by atoms with van der Waals surface area (Å²) in [6.07, 6.45) is -5.24. The lowest BCUT2D eigenvalue weighted by molar-refractivity contribution is -0.135. The van der Waals surface area contributed by atoms with E-state index in [4.69, 9.17) is 5.73 Å². The second-order valence-electron chi connectivity index (χ2n) is 4.64. The summed E-state index contributed by atoms with van der Waals surface area (Å²) in [5, 5.41) is 2.44. The Morgan fingerprint density at radius 2 is 2.00 bits per heavy atom. The minimum Gasteiger partial charge on any atom is -0.397 e. The molecule has 0 aromatic heterocycles. The highest BCUT2D eigenvalue weighted by atomic mass is 19.4. The van der Waals surface area contributed by atoms with Crippen molar-refractivity contribution in [3.8, 4) is 0 Å². The van der Waals surface area contributed by atoms with Crippen molar-refractivity contribution >= 4 is 17.3 Å². The zero-order valence-corrected chi connectivity index (χ0v) is 11.4. The summed E-state index contributed by atoms with van der Waals surface area (Å²) in [7, 11) is 3.64. The third-order valence-electron chi connectivity index (χ3n) is 2.69. The average Bonchev–Trinajstić information content (AvgIpc) is 2.32. The quantitative estimate of drug-likeness (QED) is 0.646. The molecule has 0 saturated carbocycles. The molecule has 0 fully saturated rings. The van der Waals surface area contributed by atoms with Crippen LogP contribution in [0.4, 0.5) is 24.5 Å². The molecule has 0 heterocycles. The Morgan fingerprint density at radius 1 is 1.35 bits per heavy atom. The first-order valence-electron chi connectivity index (χ1n) is 6.12. The second kappa shape index (κ2) is 6.49. The second-order valence-corrected chi connectivity index (χ2v) is 4.64. The number of nitrogens with zero attached hydrogens (tertiary/aromatic N) is 1. The van der Waals surface area contributed by atoms with Crippen LogP contribution in [0.3, 0.4) is 0 Å². The standard InChI is InChI=1S/C13H18F3N3O/c1-19(2)11-5-4-9(8-10(11)17)12(20)18-7-3-6-13(14,15)16/h4-5,8H,3,6-7,17H2,1-2H3,(H,18,20). The maximum absolute atomic E-state index is 11.9. The minimum atomic E-state index is -4.19. The Hall–Kier alpha value is -1.92. The molecule has 0 saturated heterocycles. The van der Waals surface area contributed by atoms with Gasteiger partial charge in [0.05, 0.1) is 11.4 Å². The normalized spacial score (nSPS) is 11.2. The fourth-order valence-electron chi connectivity index (χ4n) is 1.70. The summed E-state index contributed by atoms with van der Waals surface area (Å²) in [5.74, 6) is -0.427. The minimum absolute atomic E-state index is 0.0202. The monoisotopic (exact) mass is 289 g/mol. The number of benzene rings is 1. The highest BCUT2D eigenvalue weighted by Crippen LogP contribution is 2.22. The Balaban J connectivity index is 2.54. The van der Waals surface area contributed by atoms with Gasteiger partial charge in [-0.3, -0.25) is 4.79 Å². The van der Waals surface area contributed by atoms with E-state index in [1.807, 2.05) is 14.1 Å². The van der Waals surface area contributed by atoms with E-state index in [-0.39, 0.29) is 13.0 Å². The van der Waals surface area contributed by atoms with Crippen molar-refractivity contribution in [2.45, 2.75) is 19.0 Å². The number of halogens is 3. The van der Waals surface area contributed by atoms with Crippen LogP contribution in [0.5, 0.6) is 0 Å². The lowest BCUT2D eigenvalue weighted by Gasteiger charge is -2.16. The number of carbonyl (C=O) groups excluding carboxylic acids is 1. The van der Waals surface area contributed by atoms with E-state index in [0.29, 0.717) is 11.3 Å². The van der Waals surface area contributed by atoms with Gasteiger partial charge in [-0.2, -0.15) is 13.2 Å². The van der Waals surface area contributed by atoms with Gasteiger partial charge >= 0.3 is 6.18 Å². The van der Waals surface area contributed by atoms with Gasteiger partial charge in [0.2, 0.25) is 0 Å². The van der Waals surface area contributed by atoms with Crippen molar-refractivity contribution < 1.29 is 18.0 Å². The molecule has 112 valence electrons. The van der Waals surface area contributed by atoms with E-state index in [1.165, 1.54) is 6.07 Å². The maximum atomic E-state index is 11.9. The molecule has 1 aromatic rings. The molecule has 20 heavy (non-hydrogen) atoms. The average molecular weight is 289 g/mol. The number of nitrogens with one attached hydrogen (secondary N) is 1. The van der Waals surface area contributed by atoms with E-state index < -0.39 is 18.5 Å². The Kier molecular flexibility index (Phi) is 5.24. The van der Waals surface area contributed by atoms with Crippen molar-refractivity contribution in [3.63, 3.8) is 0 Å². The molecule has 0 spiro atoms. The number of amides is 1. The van der Waals surface area contributed by atoms with Crippen LogP contribution in [-0.4, -0.2) is 32.7 Å². The van der Waals surface area contributed by atoms with Gasteiger partial charge in [-0.1, -0.05) is 0 Å². The largest absolute Gasteiger partial charge is 0.397 e. The van der Waals surface area contributed by atoms with Crippen LogP contribution in [0, 0.1) is 0 Å². The molecule has 4 nitrogen and oxygen atoms in total. The fourth-order valence-corrected chi connectivity index (χ4v) is 1.70. The molecule has 1 rings (SSSR count). The molecule has 1 amide bonds. The molecule has 0 bridgehead atoms. The molecule has 1 aromatic carbocycles. The lowest BCUT2D eigenvalue weighted by Crippen LogP contribution is -2.25. The van der Waals surface area contributed by atoms with Gasteiger partial charge in [-0.05, 0) is 24.6 Å². The Bertz CT molecular complexity index is 472. The first kappa shape index (κ1) is 16.1. The van der Waals surface area contributed by atoms with Crippen molar-refractivity contribution in [2.24, 2.45) is 0 Å². The number of hydrogen-bond acceptors (Lipinski definition) is 3. The van der Waals surface area contributed by atoms with E-state index in [9.17, 15) is 18.0 Å². The summed E-state index contributed by atoms with van der Waals surface area (Å²) < 4.78 is 35.8. The van der Waals surface area contributed by atoms with E-state index in [2.05, 4.69) is 5.32 Å². The molecule has 0 radical (unpaired) electrons. The van der Waals surface area contributed by atoms with Crippen molar-refractivity contribution in [3.05, 3.63) is 23.8 Å². The highest BCUT2D eigenvalue weighted by molar-refractivity contribution is 5.96. The van der Waals surface area contributed by atoms with Gasteiger partial charge in [-0.25, -0.2) is 0 Å². The predicted octanol–water partition coefficient (Wildman–Crippen LogP) is 2.41. The summed E-state index contributed by atoms with van der Waals surface area (Å²) in [4.78, 5) is 13.5. The summed E-state index contributed by atoms with van der Waals surface area (Å²) >= 11 is 0. The van der Waals surface area contributed by atoms with E-state index in [1.54, 1.807) is 17.0 Å². The number of alkyl halides is 3. The maximum Gasteiger partial charge on any atom is 0.389 e. The van der Waals surface area contributed by atoms with Gasteiger partial charge in [0, 0.05) is 32.6 Å². The third-order valence-corrected chi connectivity index (χ3v) is 2.69. The van der Waals surface area contributed by atoms with Crippen LogP contribution in [-0.2, 0) is 0 Å². The zero-order valence-electron chi connectivity index (χ0n) is 11.4. The third kappa shape index (κ3) is 4.99. The Labute approximate surface area is 115 Å². The van der Waals surface area contributed by atoms with Crippen LogP contribution in [0.2, 0.25) is 0 Å². The molecule has 0 aliphatic heterocycles. The van der Waals surface area contributed by atoms with Crippen LogP contribution in [0.25, 0.3) is 0 Å². The number of anilines is 2. The van der Waals surface area contributed by atoms with Gasteiger partial charge in [0.15, 0.2) is 0 Å². The smallest absolute Gasteiger partial charge is 0.389 e. The molecule has 0 aliphatic carbocycles. The summed E-state index contributed by atoms with van der Waals surface area (Å²) in [5.41, 5.74) is 7.35. The first-order valence-corrected chi connectivity index (χ1v) is 6.12. The van der Waals surface area contributed by atoms with Crippen molar-refractivity contribution in [1.29, 1.82) is 0 Å². The van der Waals surface area contributed by atoms with Gasteiger partial charge in [-0.15, -0.1) is 0 Å². The molecule has 7 heteroatoms. The SMILES string of the molecule is CN(C)c1ccc(C(=O)NCCCC(F)(F)F)cc1N. The molecule has 0 aliphatic rings. The van der Waals surface area contributed by atoms with E-state index in [0.717, 1.165) is 5.69 Å². The predicted molar refractivity (Wildman–Crippen MR) is 72.8 cm³/mol. The molecule has 0 atom stereocenters. The van der Waals surface area contributed by atoms with Crippen molar-refractivity contribution in [2.75, 3.05) is 31.3 Å². The zero-order chi connectivity index (χ0) is 15.3. The number of nitrogen functional groups attached to an aromatic ring is 1. The number of nitrogens with two attached hydrogens (primary N) is 1. The molecule has 0 unspecified atom stereocenters. The van der Waals surface area contributed by atoms with Crippen LogP contribution < -0.4 is 16.0 Å². The molecular weight excluding hydrogens is 271 g/mol. The van der Waals surface area contributed by atoms with Crippen LogP contribution in [0.15, 0.2) is 18.2 Å². The Morgan fingerprint density at radius 3 is 2.50 bits per heavy atom. The van der Waals surface area contributed by atoms with E-state index >= 15 is 0 Å². The van der Waals surface area contributed by atoms with Gasteiger partial charge in [0.1, 0.15) is 0 Å². The first-order chi connectivity index (χ1) is 9.20. The van der Waals surface area contributed by atoms with Crippen molar-refractivity contribution in [1.82, 2.24) is 5.32 Å². The highest BCUT2D eigenvalue weighted by Gasteiger charge is 2.26. The van der Waals surface area contributed by atoms with Crippen LogP contribution in [0.1, 0.15) is 23.2 Å². The molecular formula is C13H18F3N3O. The lowest BCUT2D eigenvalue weighted by atomic mass is 10.1. The van der Waals surface area contributed by atoms with Gasteiger partial charge < -0.3 is 16.0 Å². The molecule has 3 N–H and O–H groups in total. The van der Waals surface area contributed by atoms with Crippen LogP contribution >= 0.6 is 0 Å². The fraction of sp³-hybridized carbons (Fsp3) is 0.462. The number of hydrogen-bond donors (Lipinski definition) is 2. The topological polar surface area (TPSA) is 58.4 Å². The number of rotatable bonds is 5. The van der Waals surface area contributed by atoms with Gasteiger partial charge in [0.25, 0.3) is 5.91 Å². The summed E-state index contributed by atoms with van der Waals surface area (Å²) in [6.45, 7) is -0.0202. The summed E-state index contributed by atoms with van der Waals surface area (Å²) in [6, 6.07) is 4.79. The number of carbonyl (C=O) groups is 1.